The Morgan fingerprint density at radius 1 is 1.05 bits per heavy atom. The number of aliphatic hydroxyl groups is 2. The van der Waals surface area contributed by atoms with Gasteiger partial charge in [0.15, 0.2) is 5.58 Å². The molecule has 1 heterocycles. The molecule has 0 saturated heterocycles. The van der Waals surface area contributed by atoms with Gasteiger partial charge in [0, 0.05) is 5.56 Å². The molecular formula is C16H15NO4. The monoisotopic (exact) mass is 285 g/mol. The van der Waals surface area contributed by atoms with Gasteiger partial charge in [-0.25, -0.2) is 4.98 Å². The highest BCUT2D eigenvalue weighted by Crippen LogP contribution is 2.26. The molecule has 2 unspecified atom stereocenters. The van der Waals surface area contributed by atoms with E-state index < -0.39 is 12.4 Å². The molecule has 0 aliphatic heterocycles. The predicted octanol–water partition coefficient (Wildman–Crippen LogP) is 2.57. The van der Waals surface area contributed by atoms with E-state index in [-0.39, 0.29) is 0 Å². The molecule has 0 fully saturated rings. The van der Waals surface area contributed by atoms with Crippen LogP contribution in [0.15, 0.2) is 52.9 Å². The van der Waals surface area contributed by atoms with Crippen LogP contribution in [0.1, 0.15) is 6.92 Å². The number of hydrogen-bond acceptors (Lipinski definition) is 5. The lowest BCUT2D eigenvalue weighted by Crippen LogP contribution is -2.28. The van der Waals surface area contributed by atoms with E-state index in [1.165, 1.54) is 6.92 Å². The fourth-order valence-electron chi connectivity index (χ4n) is 1.91. The first-order valence-corrected chi connectivity index (χ1v) is 6.62. The molecular weight excluding hydrogens is 270 g/mol. The van der Waals surface area contributed by atoms with Crippen LogP contribution in [0.4, 0.5) is 0 Å². The van der Waals surface area contributed by atoms with Crippen molar-refractivity contribution < 1.29 is 19.4 Å². The molecule has 108 valence electrons. The van der Waals surface area contributed by atoms with Crippen molar-refractivity contribution in [1.82, 2.24) is 4.98 Å². The molecule has 0 bridgehead atoms. The topological polar surface area (TPSA) is 75.7 Å². The maximum absolute atomic E-state index is 9.46. The summed E-state index contributed by atoms with van der Waals surface area (Å²) in [6.45, 7) is 1.46. The Hall–Kier alpha value is -2.37. The lowest BCUT2D eigenvalue weighted by atomic mass is 10.2. The van der Waals surface area contributed by atoms with Gasteiger partial charge in [-0.05, 0) is 43.3 Å². The van der Waals surface area contributed by atoms with Gasteiger partial charge in [0.1, 0.15) is 17.4 Å². The molecule has 21 heavy (non-hydrogen) atoms. The SMILES string of the molecule is CC(O)C(O)Oc1ccc(-c2nc3ccccc3o2)cc1. The largest absolute Gasteiger partial charge is 0.462 e. The minimum absolute atomic E-state index is 0.461. The lowest BCUT2D eigenvalue weighted by Gasteiger charge is -2.15. The van der Waals surface area contributed by atoms with Gasteiger partial charge >= 0.3 is 0 Å². The zero-order valence-corrected chi connectivity index (χ0v) is 11.4. The van der Waals surface area contributed by atoms with E-state index in [9.17, 15) is 10.2 Å². The smallest absolute Gasteiger partial charge is 0.227 e. The molecule has 0 spiro atoms. The van der Waals surface area contributed by atoms with E-state index in [1.807, 2.05) is 24.3 Å². The summed E-state index contributed by atoms with van der Waals surface area (Å²) in [4.78, 5) is 4.40. The van der Waals surface area contributed by atoms with Crippen molar-refractivity contribution >= 4 is 11.1 Å². The van der Waals surface area contributed by atoms with E-state index >= 15 is 0 Å². The molecule has 2 N–H and O–H groups in total. The summed E-state index contributed by atoms with van der Waals surface area (Å²) in [5.74, 6) is 0.988. The number of hydrogen-bond donors (Lipinski definition) is 2. The van der Waals surface area contributed by atoms with Crippen molar-refractivity contribution in [1.29, 1.82) is 0 Å². The average Bonchev–Trinajstić information content (AvgIpc) is 2.91. The van der Waals surface area contributed by atoms with Gasteiger partial charge in [0.2, 0.25) is 12.2 Å². The molecule has 0 saturated carbocycles. The average molecular weight is 285 g/mol. The quantitative estimate of drug-likeness (QED) is 0.720. The number of ether oxygens (including phenoxy) is 1. The van der Waals surface area contributed by atoms with Gasteiger partial charge in [-0.2, -0.15) is 0 Å². The van der Waals surface area contributed by atoms with Gasteiger partial charge in [-0.1, -0.05) is 12.1 Å². The third-order valence-electron chi connectivity index (χ3n) is 3.06. The van der Waals surface area contributed by atoms with Crippen LogP contribution in [0.3, 0.4) is 0 Å². The zero-order chi connectivity index (χ0) is 14.8. The van der Waals surface area contributed by atoms with Crippen LogP contribution in [0.25, 0.3) is 22.6 Å². The Kier molecular flexibility index (Phi) is 3.60. The third-order valence-corrected chi connectivity index (χ3v) is 3.06. The van der Waals surface area contributed by atoms with Gasteiger partial charge < -0.3 is 19.4 Å². The summed E-state index contributed by atoms with van der Waals surface area (Å²) in [5, 5.41) is 18.7. The normalized spacial score (nSPS) is 14.0. The highest BCUT2D eigenvalue weighted by molar-refractivity contribution is 5.76. The number of aromatic nitrogens is 1. The van der Waals surface area contributed by atoms with Gasteiger partial charge in [0.05, 0.1) is 0 Å². The van der Waals surface area contributed by atoms with Gasteiger partial charge in [-0.15, -0.1) is 0 Å². The minimum Gasteiger partial charge on any atom is -0.462 e. The molecule has 2 aromatic carbocycles. The Labute approximate surface area is 121 Å². The fraction of sp³-hybridized carbons (Fsp3) is 0.188. The number of oxazole rings is 1. The number of benzene rings is 2. The highest BCUT2D eigenvalue weighted by atomic mass is 16.6. The first kappa shape index (κ1) is 13.6. The second-order valence-electron chi connectivity index (χ2n) is 4.76. The van der Waals surface area contributed by atoms with Crippen LogP contribution in [0.5, 0.6) is 5.75 Å². The molecule has 0 aliphatic carbocycles. The second kappa shape index (κ2) is 5.55. The van der Waals surface area contributed by atoms with Crippen LogP contribution in [0.2, 0.25) is 0 Å². The Morgan fingerprint density at radius 2 is 1.76 bits per heavy atom. The number of fused-ring (bicyclic) bond motifs is 1. The molecule has 0 amide bonds. The van der Waals surface area contributed by atoms with Crippen molar-refractivity contribution in [3.8, 4) is 17.2 Å². The van der Waals surface area contributed by atoms with Crippen molar-refractivity contribution in [3.05, 3.63) is 48.5 Å². The second-order valence-corrected chi connectivity index (χ2v) is 4.76. The Bertz CT molecular complexity index is 700. The van der Waals surface area contributed by atoms with E-state index in [0.717, 1.165) is 16.7 Å². The van der Waals surface area contributed by atoms with Crippen LogP contribution in [-0.4, -0.2) is 27.6 Å². The summed E-state index contributed by atoms with van der Waals surface area (Å²) in [6.07, 6.45) is -2.21. The lowest BCUT2D eigenvalue weighted by molar-refractivity contribution is -0.0958. The van der Waals surface area contributed by atoms with Gasteiger partial charge in [0.25, 0.3) is 0 Å². The molecule has 5 heteroatoms. The van der Waals surface area contributed by atoms with E-state index in [0.29, 0.717) is 11.6 Å². The van der Waals surface area contributed by atoms with Crippen LogP contribution in [-0.2, 0) is 0 Å². The van der Waals surface area contributed by atoms with E-state index in [1.54, 1.807) is 24.3 Å². The summed E-state index contributed by atoms with van der Waals surface area (Å²) in [6, 6.07) is 14.5. The highest BCUT2D eigenvalue weighted by Gasteiger charge is 2.13. The fourth-order valence-corrected chi connectivity index (χ4v) is 1.91. The summed E-state index contributed by atoms with van der Waals surface area (Å²) in [7, 11) is 0. The maximum Gasteiger partial charge on any atom is 0.227 e. The summed E-state index contributed by atoms with van der Waals surface area (Å²) in [5.41, 5.74) is 2.35. The van der Waals surface area contributed by atoms with Crippen molar-refractivity contribution in [2.75, 3.05) is 0 Å². The summed E-state index contributed by atoms with van der Waals surface area (Å²) >= 11 is 0. The molecule has 3 rings (SSSR count). The van der Waals surface area contributed by atoms with Crippen molar-refractivity contribution in [3.63, 3.8) is 0 Å². The predicted molar refractivity (Wildman–Crippen MR) is 77.8 cm³/mol. The summed E-state index contributed by atoms with van der Waals surface area (Å²) < 4.78 is 10.9. The first-order valence-electron chi connectivity index (χ1n) is 6.62. The van der Waals surface area contributed by atoms with Gasteiger partial charge in [-0.3, -0.25) is 0 Å². The number of nitrogens with zero attached hydrogens (tertiary/aromatic N) is 1. The standard InChI is InChI=1S/C16H15NO4/c1-10(18)16(19)20-12-8-6-11(7-9-12)15-17-13-4-2-3-5-14(13)21-15/h2-10,16,18-19H,1H3. The van der Waals surface area contributed by atoms with Crippen molar-refractivity contribution in [2.45, 2.75) is 19.3 Å². The first-order chi connectivity index (χ1) is 10.1. The third kappa shape index (κ3) is 2.89. The molecule has 3 aromatic rings. The molecule has 1 aromatic heterocycles. The molecule has 5 nitrogen and oxygen atoms in total. The Balaban J connectivity index is 1.83. The zero-order valence-electron chi connectivity index (χ0n) is 11.4. The van der Waals surface area contributed by atoms with Crippen LogP contribution < -0.4 is 4.74 Å². The molecule has 0 radical (unpaired) electrons. The van der Waals surface area contributed by atoms with E-state index in [4.69, 9.17) is 9.15 Å². The Morgan fingerprint density at radius 3 is 2.43 bits per heavy atom. The number of para-hydroxylation sites is 2. The van der Waals surface area contributed by atoms with E-state index in [2.05, 4.69) is 4.98 Å². The molecule has 0 aliphatic rings. The van der Waals surface area contributed by atoms with Crippen LogP contribution >= 0.6 is 0 Å². The van der Waals surface area contributed by atoms with Crippen molar-refractivity contribution in [2.24, 2.45) is 0 Å². The van der Waals surface area contributed by atoms with Crippen LogP contribution in [0, 0.1) is 0 Å². The minimum atomic E-state index is -1.25. The number of aliphatic hydroxyl groups excluding tert-OH is 2. The number of rotatable bonds is 4. The maximum atomic E-state index is 9.46. The molecule has 2 atom stereocenters.